The maximum atomic E-state index is 5.42. The highest BCUT2D eigenvalue weighted by Gasteiger charge is 2.33. The van der Waals surface area contributed by atoms with Crippen molar-refractivity contribution in [3.8, 4) is 0 Å². The lowest BCUT2D eigenvalue weighted by atomic mass is 9.80. The Bertz CT molecular complexity index is 218. The van der Waals surface area contributed by atoms with E-state index in [0.29, 0.717) is 5.54 Å². The fourth-order valence-corrected chi connectivity index (χ4v) is 3.25. The van der Waals surface area contributed by atoms with Gasteiger partial charge in [0.05, 0.1) is 6.61 Å². The zero-order chi connectivity index (χ0) is 12.1. The largest absolute Gasteiger partial charge is 0.381 e. The van der Waals surface area contributed by atoms with Crippen molar-refractivity contribution in [1.82, 2.24) is 10.2 Å². The van der Waals surface area contributed by atoms with Gasteiger partial charge in [0.2, 0.25) is 0 Å². The normalized spacial score (nSPS) is 28.8. The molecule has 3 nitrogen and oxygen atoms in total. The summed E-state index contributed by atoms with van der Waals surface area (Å²) >= 11 is 0. The molecule has 1 aliphatic heterocycles. The molecule has 1 aliphatic carbocycles. The number of likely N-dealkylation sites (N-methyl/N-ethyl adjacent to an activating group) is 1. The predicted molar refractivity (Wildman–Crippen MR) is 71.3 cm³/mol. The number of hydrogen-bond acceptors (Lipinski definition) is 3. The summed E-state index contributed by atoms with van der Waals surface area (Å²) in [5.41, 5.74) is 0.414. The molecule has 0 aromatic rings. The third kappa shape index (κ3) is 3.43. The Morgan fingerprint density at radius 3 is 2.59 bits per heavy atom. The van der Waals surface area contributed by atoms with Crippen LogP contribution in [0.15, 0.2) is 0 Å². The average molecular weight is 240 g/mol. The molecular weight excluding hydrogens is 212 g/mol. The molecule has 0 radical (unpaired) electrons. The third-order valence-corrected chi connectivity index (χ3v) is 4.64. The topological polar surface area (TPSA) is 24.5 Å². The Morgan fingerprint density at radius 1 is 1.24 bits per heavy atom. The van der Waals surface area contributed by atoms with Gasteiger partial charge < -0.3 is 15.0 Å². The minimum absolute atomic E-state index is 0.414. The van der Waals surface area contributed by atoms with Gasteiger partial charge in [0.25, 0.3) is 0 Å². The van der Waals surface area contributed by atoms with E-state index in [1.807, 2.05) is 0 Å². The molecule has 1 saturated carbocycles. The van der Waals surface area contributed by atoms with Gasteiger partial charge in [0.1, 0.15) is 0 Å². The van der Waals surface area contributed by atoms with Gasteiger partial charge >= 0.3 is 0 Å². The van der Waals surface area contributed by atoms with Gasteiger partial charge in [-0.15, -0.1) is 0 Å². The Labute approximate surface area is 106 Å². The Kier molecular flexibility index (Phi) is 4.83. The Morgan fingerprint density at radius 2 is 2.00 bits per heavy atom. The molecule has 1 saturated heterocycles. The maximum Gasteiger partial charge on any atom is 0.0507 e. The van der Waals surface area contributed by atoms with Crippen LogP contribution in [0.1, 0.15) is 38.5 Å². The van der Waals surface area contributed by atoms with E-state index in [1.54, 1.807) is 0 Å². The van der Waals surface area contributed by atoms with Crippen LogP contribution in [-0.4, -0.2) is 50.8 Å². The van der Waals surface area contributed by atoms with Crippen LogP contribution < -0.4 is 5.32 Å². The molecule has 0 aromatic carbocycles. The average Bonchev–Trinajstić information content (AvgIpc) is 2.83. The van der Waals surface area contributed by atoms with Crippen molar-refractivity contribution >= 4 is 0 Å². The minimum Gasteiger partial charge on any atom is -0.381 e. The Balaban J connectivity index is 1.76. The first-order chi connectivity index (χ1) is 8.23. The SMILES string of the molecule is CN(C)C1(CNCC2CCOC2)CCCCC1. The Hall–Kier alpha value is -0.120. The van der Waals surface area contributed by atoms with Gasteiger partial charge in [0, 0.05) is 25.2 Å². The number of hydrogen-bond donors (Lipinski definition) is 1. The van der Waals surface area contributed by atoms with Crippen LogP contribution in [0.2, 0.25) is 0 Å². The molecule has 100 valence electrons. The van der Waals surface area contributed by atoms with Gasteiger partial charge in [-0.25, -0.2) is 0 Å². The fraction of sp³-hybridized carbons (Fsp3) is 1.00. The third-order valence-electron chi connectivity index (χ3n) is 4.64. The van der Waals surface area contributed by atoms with E-state index in [1.165, 1.54) is 38.5 Å². The minimum atomic E-state index is 0.414. The van der Waals surface area contributed by atoms with Crippen LogP contribution in [0.3, 0.4) is 0 Å². The van der Waals surface area contributed by atoms with Crippen LogP contribution in [-0.2, 0) is 4.74 Å². The number of rotatable bonds is 5. The zero-order valence-corrected chi connectivity index (χ0v) is 11.5. The van der Waals surface area contributed by atoms with Crippen LogP contribution in [0.4, 0.5) is 0 Å². The second-order valence-electron chi connectivity index (χ2n) is 6.04. The molecule has 0 aromatic heterocycles. The number of nitrogens with one attached hydrogen (secondary N) is 1. The summed E-state index contributed by atoms with van der Waals surface area (Å²) < 4.78 is 5.42. The van der Waals surface area contributed by atoms with Crippen molar-refractivity contribution in [1.29, 1.82) is 0 Å². The van der Waals surface area contributed by atoms with Crippen molar-refractivity contribution in [3.63, 3.8) is 0 Å². The molecule has 2 aliphatic rings. The van der Waals surface area contributed by atoms with Gasteiger partial charge in [-0.2, -0.15) is 0 Å². The van der Waals surface area contributed by atoms with E-state index < -0.39 is 0 Å². The number of nitrogens with zero attached hydrogens (tertiary/aromatic N) is 1. The molecule has 2 rings (SSSR count). The highest BCUT2D eigenvalue weighted by Crippen LogP contribution is 2.31. The van der Waals surface area contributed by atoms with Crippen LogP contribution >= 0.6 is 0 Å². The van der Waals surface area contributed by atoms with E-state index in [4.69, 9.17) is 4.74 Å². The molecular formula is C14H28N2O. The predicted octanol–water partition coefficient (Wildman–Crippen LogP) is 1.88. The van der Waals surface area contributed by atoms with E-state index >= 15 is 0 Å². The van der Waals surface area contributed by atoms with Crippen molar-refractivity contribution in [2.75, 3.05) is 40.4 Å². The highest BCUT2D eigenvalue weighted by molar-refractivity contribution is 4.92. The summed E-state index contributed by atoms with van der Waals surface area (Å²) in [5, 5.41) is 3.70. The van der Waals surface area contributed by atoms with Crippen LogP contribution in [0.25, 0.3) is 0 Å². The van der Waals surface area contributed by atoms with Gasteiger partial charge in [-0.05, 0) is 39.3 Å². The molecule has 17 heavy (non-hydrogen) atoms. The highest BCUT2D eigenvalue weighted by atomic mass is 16.5. The fourth-order valence-electron chi connectivity index (χ4n) is 3.25. The molecule has 1 heterocycles. The molecule has 1 unspecified atom stereocenters. The molecule has 1 atom stereocenters. The van der Waals surface area contributed by atoms with E-state index in [9.17, 15) is 0 Å². The van der Waals surface area contributed by atoms with Crippen LogP contribution in [0.5, 0.6) is 0 Å². The van der Waals surface area contributed by atoms with Gasteiger partial charge in [-0.3, -0.25) is 0 Å². The molecule has 2 fully saturated rings. The second-order valence-corrected chi connectivity index (χ2v) is 6.04. The smallest absolute Gasteiger partial charge is 0.0507 e. The van der Waals surface area contributed by atoms with Crippen molar-refractivity contribution < 1.29 is 4.74 Å². The van der Waals surface area contributed by atoms with E-state index in [-0.39, 0.29) is 0 Å². The summed E-state index contributed by atoms with van der Waals surface area (Å²) in [4.78, 5) is 2.45. The molecule has 0 amide bonds. The lowest BCUT2D eigenvalue weighted by Gasteiger charge is -2.43. The summed E-state index contributed by atoms with van der Waals surface area (Å²) in [7, 11) is 4.48. The first-order valence-corrected chi connectivity index (χ1v) is 7.19. The maximum absolute atomic E-state index is 5.42. The quantitative estimate of drug-likeness (QED) is 0.794. The van der Waals surface area contributed by atoms with E-state index in [2.05, 4.69) is 24.3 Å². The van der Waals surface area contributed by atoms with Gasteiger partial charge in [0.15, 0.2) is 0 Å². The van der Waals surface area contributed by atoms with Crippen molar-refractivity contribution in [3.05, 3.63) is 0 Å². The summed E-state index contributed by atoms with van der Waals surface area (Å²) in [6, 6.07) is 0. The lowest BCUT2D eigenvalue weighted by Crippen LogP contribution is -2.53. The zero-order valence-electron chi connectivity index (χ0n) is 11.5. The first kappa shape index (κ1) is 13.3. The summed E-state index contributed by atoms with van der Waals surface area (Å²) in [6.45, 7) is 4.21. The van der Waals surface area contributed by atoms with Crippen LogP contribution in [0, 0.1) is 5.92 Å². The van der Waals surface area contributed by atoms with Crippen molar-refractivity contribution in [2.24, 2.45) is 5.92 Å². The molecule has 3 heteroatoms. The molecule has 0 spiro atoms. The molecule has 0 bridgehead atoms. The summed E-state index contributed by atoms with van der Waals surface area (Å²) in [6.07, 6.45) is 8.16. The van der Waals surface area contributed by atoms with Gasteiger partial charge in [-0.1, -0.05) is 19.3 Å². The standard InChI is InChI=1S/C14H28N2O/c1-16(2)14(7-4-3-5-8-14)12-15-10-13-6-9-17-11-13/h13,15H,3-12H2,1-2H3. The first-order valence-electron chi connectivity index (χ1n) is 7.19. The second kappa shape index (κ2) is 6.17. The van der Waals surface area contributed by atoms with Crippen molar-refractivity contribution in [2.45, 2.75) is 44.1 Å². The summed E-state index contributed by atoms with van der Waals surface area (Å²) in [5.74, 6) is 0.748. The monoisotopic (exact) mass is 240 g/mol. The molecule has 1 N–H and O–H groups in total. The number of ether oxygens (including phenoxy) is 1. The lowest BCUT2D eigenvalue weighted by molar-refractivity contribution is 0.0969. The van der Waals surface area contributed by atoms with E-state index in [0.717, 1.165) is 32.2 Å².